The highest BCUT2D eigenvalue weighted by atomic mass is 35.5. The number of thiazole rings is 1. The largest absolute Gasteiger partial charge is 0.461 e. The van der Waals surface area contributed by atoms with Gasteiger partial charge in [-0.15, -0.1) is 11.3 Å². The molecule has 0 atom stereocenters. The predicted molar refractivity (Wildman–Crippen MR) is 89.1 cm³/mol. The van der Waals surface area contributed by atoms with Gasteiger partial charge in [-0.2, -0.15) is 0 Å². The smallest absolute Gasteiger partial charge is 0.306 e. The summed E-state index contributed by atoms with van der Waals surface area (Å²) in [4.78, 5) is 16.3. The van der Waals surface area contributed by atoms with Crippen molar-refractivity contribution in [3.8, 4) is 0 Å². The van der Waals surface area contributed by atoms with E-state index in [2.05, 4.69) is 4.98 Å². The fourth-order valence-electron chi connectivity index (χ4n) is 2.13. The molecule has 3 rings (SSSR count). The van der Waals surface area contributed by atoms with Crippen LogP contribution in [0.3, 0.4) is 0 Å². The number of aryl methyl sites for hydroxylation is 1. The number of rotatable bonds is 5. The molecule has 0 aliphatic rings. The van der Waals surface area contributed by atoms with Crippen LogP contribution in [-0.2, 0) is 22.6 Å². The molecule has 0 bridgehead atoms. The van der Waals surface area contributed by atoms with Gasteiger partial charge in [-0.25, -0.2) is 9.37 Å². The van der Waals surface area contributed by atoms with E-state index < -0.39 is 11.8 Å². The number of hydrogen-bond donors (Lipinski definition) is 0. The first-order valence-corrected chi connectivity index (χ1v) is 8.26. The number of halogens is 2. The third-order valence-electron chi connectivity index (χ3n) is 3.32. The highest BCUT2D eigenvalue weighted by Gasteiger charge is 2.11. The first kappa shape index (κ1) is 15.9. The number of ether oxygens (including phenoxy) is 1. The molecule has 23 heavy (non-hydrogen) atoms. The predicted octanol–water partition coefficient (Wildman–Crippen LogP) is 4.76. The summed E-state index contributed by atoms with van der Waals surface area (Å²) >= 11 is 7.45. The van der Waals surface area contributed by atoms with Crippen molar-refractivity contribution in [2.45, 2.75) is 19.4 Å². The van der Waals surface area contributed by atoms with Gasteiger partial charge in [0.25, 0.3) is 0 Å². The Morgan fingerprint density at radius 3 is 2.83 bits per heavy atom. The summed E-state index contributed by atoms with van der Waals surface area (Å²) in [5.41, 5.74) is 1.13. The summed E-state index contributed by atoms with van der Waals surface area (Å²) in [6.07, 6.45) is 0.703. The van der Waals surface area contributed by atoms with Gasteiger partial charge in [-0.05, 0) is 24.3 Å². The van der Waals surface area contributed by atoms with E-state index in [0.29, 0.717) is 6.42 Å². The number of carbonyl (C=O) groups excluding carboxylic acids is 1. The molecule has 0 amide bonds. The third kappa shape index (κ3) is 3.86. The minimum absolute atomic E-state index is 0.163. The zero-order chi connectivity index (χ0) is 16.2. The van der Waals surface area contributed by atoms with Crippen molar-refractivity contribution in [1.29, 1.82) is 0 Å². The second kappa shape index (κ2) is 7.06. The average molecular weight is 350 g/mol. The molecule has 0 radical (unpaired) electrons. The number of benzene rings is 2. The lowest BCUT2D eigenvalue weighted by molar-refractivity contribution is -0.144. The molecule has 0 aliphatic carbocycles. The van der Waals surface area contributed by atoms with Crippen molar-refractivity contribution in [3.05, 3.63) is 63.9 Å². The van der Waals surface area contributed by atoms with Gasteiger partial charge in [0.1, 0.15) is 12.4 Å². The van der Waals surface area contributed by atoms with E-state index in [4.69, 9.17) is 16.3 Å². The van der Waals surface area contributed by atoms with Gasteiger partial charge in [0.15, 0.2) is 0 Å². The third-order valence-corrected chi connectivity index (χ3v) is 4.77. The number of carbonyl (C=O) groups is 1. The second-order valence-electron chi connectivity index (χ2n) is 4.94. The van der Waals surface area contributed by atoms with Gasteiger partial charge in [0, 0.05) is 12.0 Å². The molecular formula is C17H13ClFNO2S. The second-order valence-corrected chi connectivity index (χ2v) is 6.46. The van der Waals surface area contributed by atoms with Crippen molar-refractivity contribution < 1.29 is 13.9 Å². The Labute approximate surface area is 141 Å². The molecule has 0 aliphatic heterocycles. The van der Waals surface area contributed by atoms with Crippen LogP contribution in [0.15, 0.2) is 42.5 Å². The summed E-state index contributed by atoms with van der Waals surface area (Å²) in [5, 5.41) is 1.14. The molecule has 3 nitrogen and oxygen atoms in total. The molecule has 0 spiro atoms. The molecule has 2 aromatic carbocycles. The number of esters is 1. The monoisotopic (exact) mass is 349 g/mol. The Morgan fingerprint density at radius 2 is 2.04 bits per heavy atom. The highest BCUT2D eigenvalue weighted by molar-refractivity contribution is 7.18. The standard InChI is InChI=1S/C17H13ClFNO2S/c18-12-4-3-5-13(19)11(12)10-22-17(21)9-8-16-20-14-6-1-2-7-15(14)23-16/h1-7H,8-10H2. The fraction of sp³-hybridized carbons (Fsp3) is 0.176. The Kier molecular flexibility index (Phi) is 4.88. The first-order valence-electron chi connectivity index (χ1n) is 7.06. The van der Waals surface area contributed by atoms with Gasteiger partial charge in [-0.3, -0.25) is 4.79 Å². The van der Waals surface area contributed by atoms with Crippen molar-refractivity contribution in [2.24, 2.45) is 0 Å². The van der Waals surface area contributed by atoms with Crippen LogP contribution in [0.1, 0.15) is 17.0 Å². The molecule has 0 saturated carbocycles. The Bertz CT molecular complexity index is 796. The van der Waals surface area contributed by atoms with Crippen LogP contribution >= 0.6 is 22.9 Å². The number of aromatic nitrogens is 1. The molecule has 0 unspecified atom stereocenters. The lowest BCUT2D eigenvalue weighted by Gasteiger charge is -2.07. The van der Waals surface area contributed by atoms with Crippen LogP contribution < -0.4 is 0 Å². The molecule has 1 heterocycles. The van der Waals surface area contributed by atoms with Crippen LogP contribution in [0, 0.1) is 5.82 Å². The van der Waals surface area contributed by atoms with Crippen molar-refractivity contribution >= 4 is 39.1 Å². The number of para-hydroxylation sites is 1. The van der Waals surface area contributed by atoms with Crippen molar-refractivity contribution in [3.63, 3.8) is 0 Å². The van der Waals surface area contributed by atoms with Gasteiger partial charge in [-0.1, -0.05) is 29.8 Å². The molecule has 0 N–H and O–H groups in total. The lowest BCUT2D eigenvalue weighted by Crippen LogP contribution is -2.07. The SMILES string of the molecule is O=C(CCc1nc2ccccc2s1)OCc1c(F)cccc1Cl. The maximum atomic E-state index is 13.6. The molecule has 0 saturated heterocycles. The average Bonchev–Trinajstić information content (AvgIpc) is 2.95. The van der Waals surface area contributed by atoms with Gasteiger partial charge >= 0.3 is 5.97 Å². The minimum Gasteiger partial charge on any atom is -0.461 e. The number of fused-ring (bicyclic) bond motifs is 1. The Hall–Kier alpha value is -1.98. The summed E-state index contributed by atoms with van der Waals surface area (Å²) in [5.74, 6) is -0.875. The van der Waals surface area contributed by atoms with E-state index in [1.807, 2.05) is 24.3 Å². The van der Waals surface area contributed by atoms with Crippen LogP contribution in [-0.4, -0.2) is 11.0 Å². The van der Waals surface area contributed by atoms with Crippen LogP contribution in [0.4, 0.5) is 4.39 Å². The van der Waals surface area contributed by atoms with Crippen molar-refractivity contribution in [1.82, 2.24) is 4.98 Å². The Morgan fingerprint density at radius 1 is 1.22 bits per heavy atom. The minimum atomic E-state index is -0.475. The zero-order valence-corrected chi connectivity index (χ0v) is 13.7. The van der Waals surface area contributed by atoms with Crippen LogP contribution in [0.2, 0.25) is 5.02 Å². The van der Waals surface area contributed by atoms with Crippen LogP contribution in [0.25, 0.3) is 10.2 Å². The number of nitrogens with zero attached hydrogens (tertiary/aromatic N) is 1. The summed E-state index contributed by atoms with van der Waals surface area (Å²) < 4.78 is 19.8. The molecule has 0 fully saturated rings. The van der Waals surface area contributed by atoms with Crippen LogP contribution in [0.5, 0.6) is 0 Å². The van der Waals surface area contributed by atoms with E-state index >= 15 is 0 Å². The summed E-state index contributed by atoms with van der Waals surface area (Å²) in [7, 11) is 0. The molecule has 118 valence electrons. The van der Waals surface area contributed by atoms with E-state index in [9.17, 15) is 9.18 Å². The maximum Gasteiger partial charge on any atom is 0.306 e. The quantitative estimate of drug-likeness (QED) is 0.623. The van der Waals surface area contributed by atoms with E-state index in [1.165, 1.54) is 12.1 Å². The lowest BCUT2D eigenvalue weighted by atomic mass is 10.2. The first-order chi connectivity index (χ1) is 11.1. The van der Waals surface area contributed by atoms with E-state index in [1.54, 1.807) is 17.4 Å². The maximum absolute atomic E-state index is 13.6. The normalized spacial score (nSPS) is 10.9. The van der Waals surface area contributed by atoms with E-state index in [0.717, 1.165) is 15.2 Å². The summed E-state index contributed by atoms with van der Waals surface area (Å²) in [6.45, 7) is -0.163. The topological polar surface area (TPSA) is 39.2 Å². The van der Waals surface area contributed by atoms with E-state index in [-0.39, 0.29) is 23.6 Å². The number of hydrogen-bond acceptors (Lipinski definition) is 4. The molecule has 1 aromatic heterocycles. The zero-order valence-electron chi connectivity index (χ0n) is 12.1. The Balaban J connectivity index is 1.55. The van der Waals surface area contributed by atoms with Gasteiger partial charge in [0.2, 0.25) is 0 Å². The van der Waals surface area contributed by atoms with Gasteiger partial charge in [0.05, 0.1) is 26.7 Å². The fourth-order valence-corrected chi connectivity index (χ4v) is 3.32. The molecular weight excluding hydrogens is 337 g/mol. The summed E-state index contributed by atoms with van der Waals surface area (Å²) in [6, 6.07) is 12.2. The van der Waals surface area contributed by atoms with Crippen molar-refractivity contribution in [2.75, 3.05) is 0 Å². The molecule has 3 aromatic rings. The highest BCUT2D eigenvalue weighted by Crippen LogP contribution is 2.23. The van der Waals surface area contributed by atoms with Gasteiger partial charge < -0.3 is 4.74 Å². The molecule has 6 heteroatoms.